The van der Waals surface area contributed by atoms with Gasteiger partial charge >= 0.3 is 0 Å². The van der Waals surface area contributed by atoms with Crippen molar-refractivity contribution in [2.45, 2.75) is 19.8 Å². The van der Waals surface area contributed by atoms with Crippen LogP contribution in [0.25, 0.3) is 11.5 Å². The number of aromatic nitrogens is 1. The lowest BCUT2D eigenvalue weighted by Gasteiger charge is -2.09. The van der Waals surface area contributed by atoms with E-state index in [2.05, 4.69) is 28.2 Å². The van der Waals surface area contributed by atoms with Crippen molar-refractivity contribution in [3.8, 4) is 23.3 Å². The fraction of sp³-hybridized carbons (Fsp3) is 0.444. The second-order valence-electron chi connectivity index (χ2n) is 5.76. The van der Waals surface area contributed by atoms with Crippen LogP contribution in [0, 0.1) is 11.3 Å². The number of nitrogens with zero attached hydrogens (tertiary/aromatic N) is 3. The van der Waals surface area contributed by atoms with Gasteiger partial charge in [-0.3, -0.25) is 0 Å². The normalized spacial score (nSPS) is 10.6. The van der Waals surface area contributed by atoms with Crippen LogP contribution in [0.3, 0.4) is 0 Å². The molecule has 0 aliphatic carbocycles. The molecule has 128 valence electrons. The SMILES string of the molecule is CCCOc1ccc(-c2nc(C#N)c(NCCCN(C)C)o2)cc1. The van der Waals surface area contributed by atoms with E-state index in [9.17, 15) is 5.26 Å². The standard InChI is InChI=1S/C18H24N4O2/c1-4-12-23-15-8-6-14(7-9-15)17-21-16(13-19)18(24-17)20-10-5-11-22(2)3/h6-9,20H,4-5,10-12H2,1-3H3. The first-order valence-electron chi connectivity index (χ1n) is 8.16. The number of hydrogen-bond donors (Lipinski definition) is 1. The number of oxazole rings is 1. The third-order valence-corrected chi connectivity index (χ3v) is 3.37. The molecule has 24 heavy (non-hydrogen) atoms. The Morgan fingerprint density at radius 2 is 2.04 bits per heavy atom. The zero-order valence-electron chi connectivity index (χ0n) is 14.5. The highest BCUT2D eigenvalue weighted by molar-refractivity contribution is 5.59. The molecule has 6 heteroatoms. The minimum Gasteiger partial charge on any atom is -0.494 e. The molecule has 0 fully saturated rings. The number of ether oxygens (including phenoxy) is 1. The molecule has 0 bridgehead atoms. The van der Waals surface area contributed by atoms with Crippen LogP contribution in [-0.4, -0.2) is 43.7 Å². The van der Waals surface area contributed by atoms with Gasteiger partial charge in [0, 0.05) is 12.1 Å². The zero-order chi connectivity index (χ0) is 17.4. The monoisotopic (exact) mass is 328 g/mol. The highest BCUT2D eigenvalue weighted by Crippen LogP contribution is 2.26. The first-order valence-corrected chi connectivity index (χ1v) is 8.16. The maximum atomic E-state index is 9.22. The van der Waals surface area contributed by atoms with Crippen molar-refractivity contribution in [1.29, 1.82) is 5.26 Å². The average molecular weight is 328 g/mol. The molecule has 0 saturated carbocycles. The van der Waals surface area contributed by atoms with Gasteiger partial charge in [0.05, 0.1) is 6.61 Å². The molecule has 0 spiro atoms. The van der Waals surface area contributed by atoms with Crippen molar-refractivity contribution in [3.63, 3.8) is 0 Å². The van der Waals surface area contributed by atoms with Crippen molar-refractivity contribution in [3.05, 3.63) is 30.0 Å². The van der Waals surface area contributed by atoms with Gasteiger partial charge in [0.1, 0.15) is 11.8 Å². The second kappa shape index (κ2) is 8.94. The molecule has 0 atom stereocenters. The van der Waals surface area contributed by atoms with E-state index in [-0.39, 0.29) is 5.69 Å². The fourth-order valence-corrected chi connectivity index (χ4v) is 2.15. The molecule has 0 unspecified atom stereocenters. The van der Waals surface area contributed by atoms with Crippen LogP contribution in [0.15, 0.2) is 28.7 Å². The van der Waals surface area contributed by atoms with E-state index >= 15 is 0 Å². The van der Waals surface area contributed by atoms with Crippen LogP contribution in [0.2, 0.25) is 0 Å². The molecule has 1 N–H and O–H groups in total. The Labute approximate surface area is 143 Å². The lowest BCUT2D eigenvalue weighted by molar-refractivity contribution is 0.317. The minimum absolute atomic E-state index is 0.279. The van der Waals surface area contributed by atoms with Crippen molar-refractivity contribution in [2.75, 3.05) is 39.1 Å². The number of rotatable bonds is 9. The summed E-state index contributed by atoms with van der Waals surface area (Å²) in [7, 11) is 4.06. The number of nitriles is 1. The van der Waals surface area contributed by atoms with Gasteiger partial charge in [0.25, 0.3) is 0 Å². The van der Waals surface area contributed by atoms with Crippen molar-refractivity contribution < 1.29 is 9.15 Å². The van der Waals surface area contributed by atoms with Crippen LogP contribution in [0.1, 0.15) is 25.5 Å². The molecule has 1 aromatic carbocycles. The summed E-state index contributed by atoms with van der Waals surface area (Å²) < 4.78 is 11.3. The van der Waals surface area contributed by atoms with Gasteiger partial charge in [-0.25, -0.2) is 0 Å². The van der Waals surface area contributed by atoms with Gasteiger partial charge < -0.3 is 19.4 Å². The molecular formula is C18H24N4O2. The zero-order valence-corrected chi connectivity index (χ0v) is 14.5. The summed E-state index contributed by atoms with van der Waals surface area (Å²) in [5, 5.41) is 12.4. The summed E-state index contributed by atoms with van der Waals surface area (Å²) >= 11 is 0. The predicted octanol–water partition coefficient (Wildman–Crippen LogP) is 3.37. The Morgan fingerprint density at radius 1 is 1.29 bits per heavy atom. The molecule has 2 aromatic rings. The molecule has 1 aromatic heterocycles. The number of hydrogen-bond acceptors (Lipinski definition) is 6. The van der Waals surface area contributed by atoms with Crippen LogP contribution in [-0.2, 0) is 0 Å². The van der Waals surface area contributed by atoms with Gasteiger partial charge in [-0.2, -0.15) is 10.2 Å². The summed E-state index contributed by atoms with van der Waals surface area (Å²) in [6.07, 6.45) is 1.92. The Bertz CT molecular complexity index is 671. The first-order chi connectivity index (χ1) is 11.6. The molecule has 0 radical (unpaired) electrons. The average Bonchev–Trinajstić information content (AvgIpc) is 3.00. The highest BCUT2D eigenvalue weighted by Gasteiger charge is 2.14. The highest BCUT2D eigenvalue weighted by atomic mass is 16.5. The topological polar surface area (TPSA) is 74.3 Å². The Kier molecular flexibility index (Phi) is 6.64. The molecule has 0 amide bonds. The minimum atomic E-state index is 0.279. The molecule has 0 saturated heterocycles. The van der Waals surface area contributed by atoms with Crippen LogP contribution in [0.4, 0.5) is 5.88 Å². The maximum absolute atomic E-state index is 9.22. The molecule has 2 rings (SSSR count). The lowest BCUT2D eigenvalue weighted by atomic mass is 10.2. The number of nitrogens with one attached hydrogen (secondary N) is 1. The van der Waals surface area contributed by atoms with E-state index in [1.54, 1.807) is 0 Å². The first kappa shape index (κ1) is 17.8. The van der Waals surface area contributed by atoms with E-state index in [4.69, 9.17) is 9.15 Å². The smallest absolute Gasteiger partial charge is 0.232 e. The van der Waals surface area contributed by atoms with E-state index in [1.807, 2.05) is 38.4 Å². The Hall–Kier alpha value is -2.52. The summed E-state index contributed by atoms with van der Waals surface area (Å²) in [5.41, 5.74) is 1.10. The lowest BCUT2D eigenvalue weighted by Crippen LogP contribution is -2.16. The summed E-state index contributed by atoms with van der Waals surface area (Å²) in [6, 6.07) is 9.60. The van der Waals surface area contributed by atoms with Crippen molar-refractivity contribution in [1.82, 2.24) is 9.88 Å². The van der Waals surface area contributed by atoms with Crippen LogP contribution >= 0.6 is 0 Å². The van der Waals surface area contributed by atoms with Crippen LogP contribution < -0.4 is 10.1 Å². The number of benzene rings is 1. The Balaban J connectivity index is 2.04. The van der Waals surface area contributed by atoms with Gasteiger partial charge in [0.15, 0.2) is 0 Å². The third-order valence-electron chi connectivity index (χ3n) is 3.37. The molecular weight excluding hydrogens is 304 g/mol. The third kappa shape index (κ3) is 5.00. The van der Waals surface area contributed by atoms with E-state index in [0.29, 0.717) is 18.4 Å². The molecule has 0 aliphatic rings. The van der Waals surface area contributed by atoms with E-state index in [0.717, 1.165) is 37.2 Å². The molecule has 1 heterocycles. The van der Waals surface area contributed by atoms with Crippen molar-refractivity contribution in [2.24, 2.45) is 0 Å². The van der Waals surface area contributed by atoms with E-state index in [1.165, 1.54) is 0 Å². The fourth-order valence-electron chi connectivity index (χ4n) is 2.15. The summed E-state index contributed by atoms with van der Waals surface area (Å²) in [4.78, 5) is 6.38. The number of anilines is 1. The summed E-state index contributed by atoms with van der Waals surface area (Å²) in [5.74, 6) is 1.68. The van der Waals surface area contributed by atoms with Gasteiger partial charge in [-0.1, -0.05) is 6.92 Å². The maximum Gasteiger partial charge on any atom is 0.232 e. The predicted molar refractivity (Wildman–Crippen MR) is 94.1 cm³/mol. The summed E-state index contributed by atoms with van der Waals surface area (Å²) in [6.45, 7) is 4.45. The van der Waals surface area contributed by atoms with E-state index < -0.39 is 0 Å². The van der Waals surface area contributed by atoms with Crippen molar-refractivity contribution >= 4 is 5.88 Å². The largest absolute Gasteiger partial charge is 0.494 e. The quantitative estimate of drug-likeness (QED) is 0.711. The Morgan fingerprint density at radius 3 is 2.67 bits per heavy atom. The van der Waals surface area contributed by atoms with Gasteiger partial charge in [-0.05, 0) is 57.7 Å². The van der Waals surface area contributed by atoms with Gasteiger partial charge in [0.2, 0.25) is 17.5 Å². The second-order valence-corrected chi connectivity index (χ2v) is 5.76. The van der Waals surface area contributed by atoms with Crippen LogP contribution in [0.5, 0.6) is 5.75 Å². The molecule has 6 nitrogen and oxygen atoms in total. The van der Waals surface area contributed by atoms with Gasteiger partial charge in [-0.15, -0.1) is 0 Å². The molecule has 0 aliphatic heterocycles.